The van der Waals surface area contributed by atoms with E-state index in [1.165, 1.54) is 12.1 Å². The van der Waals surface area contributed by atoms with Gasteiger partial charge < -0.3 is 15.4 Å². The molecule has 3 rings (SSSR count). The van der Waals surface area contributed by atoms with E-state index in [0.29, 0.717) is 25.6 Å². The quantitative estimate of drug-likeness (QED) is 0.247. The molecule has 3 aromatic rings. The van der Waals surface area contributed by atoms with Gasteiger partial charge in [0.25, 0.3) is 0 Å². The highest BCUT2D eigenvalue weighted by Gasteiger charge is 2.28. The number of para-hydroxylation sites is 1. The van der Waals surface area contributed by atoms with Crippen LogP contribution in [0, 0.1) is 0 Å². The van der Waals surface area contributed by atoms with E-state index < -0.39 is 12.8 Å². The predicted molar refractivity (Wildman–Crippen MR) is 126 cm³/mol. The molecule has 11 heteroatoms. The van der Waals surface area contributed by atoms with Crippen molar-refractivity contribution in [2.24, 2.45) is 4.99 Å². The minimum atomic E-state index is -4.36. The standard InChI is InChI=1S/C21H23F3N6O.HI/c1-2-25-20(26-12-16-8-10-18(11-9-16)31-14-21(22,23)24)27-13-19-29-28-15-30(19)17-6-4-3-5-7-17;/h3-11,15H,2,12-14H2,1H3,(H2,25,26,27);1H. The largest absolute Gasteiger partial charge is 0.484 e. The van der Waals surface area contributed by atoms with Gasteiger partial charge in [0.2, 0.25) is 0 Å². The Morgan fingerprint density at radius 2 is 1.78 bits per heavy atom. The summed E-state index contributed by atoms with van der Waals surface area (Å²) in [6, 6.07) is 16.1. The number of aliphatic imine (C=N–C) groups is 1. The molecule has 0 spiro atoms. The summed E-state index contributed by atoms with van der Waals surface area (Å²) in [6.07, 6.45) is -2.71. The Balaban J connectivity index is 0.00000363. The Hall–Kier alpha value is -2.83. The third kappa shape index (κ3) is 8.02. The van der Waals surface area contributed by atoms with Crippen molar-refractivity contribution in [1.29, 1.82) is 0 Å². The van der Waals surface area contributed by atoms with Crippen molar-refractivity contribution in [2.45, 2.75) is 26.2 Å². The third-order valence-corrected chi connectivity index (χ3v) is 4.16. The minimum Gasteiger partial charge on any atom is -0.484 e. The van der Waals surface area contributed by atoms with E-state index in [1.807, 2.05) is 41.8 Å². The van der Waals surface area contributed by atoms with Crippen molar-refractivity contribution in [3.8, 4) is 11.4 Å². The highest BCUT2D eigenvalue weighted by atomic mass is 127. The number of nitrogens with one attached hydrogen (secondary N) is 2. The summed E-state index contributed by atoms with van der Waals surface area (Å²) in [7, 11) is 0. The fourth-order valence-corrected chi connectivity index (χ4v) is 2.71. The molecule has 0 aliphatic heterocycles. The molecule has 32 heavy (non-hydrogen) atoms. The first-order valence-electron chi connectivity index (χ1n) is 9.69. The molecule has 0 aliphatic rings. The molecule has 2 N–H and O–H groups in total. The second-order valence-corrected chi connectivity index (χ2v) is 6.55. The zero-order chi connectivity index (χ0) is 22.1. The van der Waals surface area contributed by atoms with Crippen molar-refractivity contribution in [1.82, 2.24) is 25.4 Å². The van der Waals surface area contributed by atoms with E-state index >= 15 is 0 Å². The van der Waals surface area contributed by atoms with E-state index in [9.17, 15) is 13.2 Å². The van der Waals surface area contributed by atoms with Crippen molar-refractivity contribution in [3.63, 3.8) is 0 Å². The van der Waals surface area contributed by atoms with Gasteiger partial charge in [-0.05, 0) is 36.8 Å². The average molecular weight is 560 g/mol. The Bertz CT molecular complexity index is 977. The number of rotatable bonds is 8. The molecule has 2 aromatic carbocycles. The van der Waals surface area contributed by atoms with Crippen LogP contribution in [0.25, 0.3) is 5.69 Å². The summed E-state index contributed by atoms with van der Waals surface area (Å²) >= 11 is 0. The lowest BCUT2D eigenvalue weighted by atomic mass is 10.2. The zero-order valence-electron chi connectivity index (χ0n) is 17.3. The second-order valence-electron chi connectivity index (χ2n) is 6.55. The van der Waals surface area contributed by atoms with Crippen molar-refractivity contribution in [2.75, 3.05) is 13.2 Å². The number of benzene rings is 2. The number of aromatic nitrogens is 3. The number of hydrogen-bond donors (Lipinski definition) is 2. The highest BCUT2D eigenvalue weighted by molar-refractivity contribution is 14.0. The average Bonchev–Trinajstić information content (AvgIpc) is 3.24. The maximum Gasteiger partial charge on any atom is 0.422 e. The van der Waals surface area contributed by atoms with Crippen LogP contribution in [-0.4, -0.2) is 40.1 Å². The molecule has 0 bridgehead atoms. The van der Waals surface area contributed by atoms with Gasteiger partial charge in [-0.2, -0.15) is 13.2 Å². The molecule has 0 fully saturated rings. The summed E-state index contributed by atoms with van der Waals surface area (Å²) in [5.41, 5.74) is 1.79. The van der Waals surface area contributed by atoms with Crippen LogP contribution in [0.3, 0.4) is 0 Å². The van der Waals surface area contributed by atoms with Crippen molar-refractivity contribution < 1.29 is 17.9 Å². The summed E-state index contributed by atoms with van der Waals surface area (Å²) in [5, 5.41) is 14.5. The lowest BCUT2D eigenvalue weighted by Crippen LogP contribution is -2.37. The summed E-state index contributed by atoms with van der Waals surface area (Å²) in [6.45, 7) is 2.07. The fourth-order valence-electron chi connectivity index (χ4n) is 2.71. The summed E-state index contributed by atoms with van der Waals surface area (Å²) in [5.74, 6) is 1.47. The van der Waals surface area contributed by atoms with Gasteiger partial charge in [0.05, 0.1) is 13.1 Å². The maximum absolute atomic E-state index is 12.2. The van der Waals surface area contributed by atoms with Gasteiger partial charge in [-0.3, -0.25) is 4.57 Å². The van der Waals surface area contributed by atoms with Crippen LogP contribution in [-0.2, 0) is 13.1 Å². The number of halogens is 4. The molecule has 172 valence electrons. The van der Waals surface area contributed by atoms with Gasteiger partial charge in [0, 0.05) is 12.2 Å². The smallest absolute Gasteiger partial charge is 0.422 e. The molecular formula is C21H24F3IN6O. The Kier molecular flexibility index (Phi) is 9.75. The van der Waals surface area contributed by atoms with E-state index in [4.69, 9.17) is 4.74 Å². The Labute approximate surface area is 201 Å². The first kappa shape index (κ1) is 25.4. The Morgan fingerprint density at radius 1 is 1.06 bits per heavy atom. The van der Waals surface area contributed by atoms with Crippen LogP contribution in [0.4, 0.5) is 13.2 Å². The summed E-state index contributed by atoms with van der Waals surface area (Å²) < 4.78 is 43.3. The van der Waals surface area contributed by atoms with E-state index in [-0.39, 0.29) is 29.7 Å². The maximum atomic E-state index is 12.2. The van der Waals surface area contributed by atoms with Crippen LogP contribution in [0.2, 0.25) is 0 Å². The van der Waals surface area contributed by atoms with Crippen LogP contribution >= 0.6 is 24.0 Å². The van der Waals surface area contributed by atoms with Gasteiger partial charge in [0.1, 0.15) is 12.1 Å². The van der Waals surface area contributed by atoms with E-state index in [0.717, 1.165) is 17.1 Å². The van der Waals surface area contributed by atoms with Gasteiger partial charge in [-0.1, -0.05) is 30.3 Å². The first-order chi connectivity index (χ1) is 14.9. The Morgan fingerprint density at radius 3 is 2.44 bits per heavy atom. The number of hydrogen-bond acceptors (Lipinski definition) is 4. The third-order valence-electron chi connectivity index (χ3n) is 4.16. The van der Waals surface area contributed by atoms with Gasteiger partial charge in [0.15, 0.2) is 18.4 Å². The SMILES string of the molecule is CCNC(=NCc1ccc(OCC(F)(F)F)cc1)NCc1nncn1-c1ccccc1.I. The summed E-state index contributed by atoms with van der Waals surface area (Å²) in [4.78, 5) is 4.52. The molecule has 0 amide bonds. The monoisotopic (exact) mass is 560 g/mol. The second kappa shape index (κ2) is 12.3. The predicted octanol–water partition coefficient (Wildman–Crippen LogP) is 4.08. The van der Waals surface area contributed by atoms with E-state index in [2.05, 4.69) is 25.8 Å². The molecule has 0 atom stereocenters. The van der Waals surface area contributed by atoms with Gasteiger partial charge >= 0.3 is 6.18 Å². The number of alkyl halides is 3. The lowest BCUT2D eigenvalue weighted by molar-refractivity contribution is -0.153. The zero-order valence-corrected chi connectivity index (χ0v) is 19.7. The molecular weight excluding hydrogens is 536 g/mol. The molecule has 0 saturated carbocycles. The first-order valence-corrected chi connectivity index (χ1v) is 9.69. The molecule has 7 nitrogen and oxygen atoms in total. The molecule has 1 heterocycles. The van der Waals surface area contributed by atoms with Crippen LogP contribution < -0.4 is 15.4 Å². The van der Waals surface area contributed by atoms with Crippen LogP contribution in [0.15, 0.2) is 65.9 Å². The molecule has 0 saturated heterocycles. The van der Waals surface area contributed by atoms with Crippen molar-refractivity contribution in [3.05, 3.63) is 72.3 Å². The topological polar surface area (TPSA) is 76.4 Å². The van der Waals surface area contributed by atoms with E-state index in [1.54, 1.807) is 18.5 Å². The van der Waals surface area contributed by atoms with Gasteiger partial charge in [-0.25, -0.2) is 4.99 Å². The van der Waals surface area contributed by atoms with Gasteiger partial charge in [-0.15, -0.1) is 34.2 Å². The van der Waals surface area contributed by atoms with Crippen molar-refractivity contribution >= 4 is 29.9 Å². The van der Waals surface area contributed by atoms with Crippen LogP contribution in [0.1, 0.15) is 18.3 Å². The highest BCUT2D eigenvalue weighted by Crippen LogP contribution is 2.19. The number of guanidine groups is 1. The molecule has 0 radical (unpaired) electrons. The molecule has 1 aromatic heterocycles. The number of ether oxygens (including phenoxy) is 1. The fraction of sp³-hybridized carbons (Fsp3) is 0.286. The lowest BCUT2D eigenvalue weighted by Gasteiger charge is -2.12. The normalized spacial score (nSPS) is 11.6. The molecule has 0 unspecified atom stereocenters. The minimum absolute atomic E-state index is 0. The van der Waals surface area contributed by atoms with Crippen LogP contribution in [0.5, 0.6) is 5.75 Å². The molecule has 0 aliphatic carbocycles. The number of nitrogens with zero attached hydrogens (tertiary/aromatic N) is 4.